The highest BCUT2D eigenvalue weighted by atomic mass is 35.5. The number of ether oxygens (including phenoxy) is 2. The number of hydrogen-bond acceptors (Lipinski definition) is 6. The number of carbonyl (C=O) groups excluding carboxylic acids is 1. The van der Waals surface area contributed by atoms with Gasteiger partial charge in [0, 0.05) is 37.3 Å². The molecule has 2 aromatic carbocycles. The molecule has 0 N–H and O–H groups in total. The molecule has 6 nitrogen and oxygen atoms in total. The average molecular weight is 536 g/mol. The molecule has 0 atom stereocenters. The number of rotatable bonds is 7. The third kappa shape index (κ3) is 7.19. The summed E-state index contributed by atoms with van der Waals surface area (Å²) >= 11 is 7.10. The molecule has 1 amide bonds. The maximum absolute atomic E-state index is 13.2. The second-order valence-corrected chi connectivity index (χ2v) is 8.92. The second kappa shape index (κ2) is 11.5. The van der Waals surface area contributed by atoms with E-state index in [-0.39, 0.29) is 30.5 Å². The first kappa shape index (κ1) is 26.5. The van der Waals surface area contributed by atoms with Gasteiger partial charge >= 0.3 is 6.36 Å². The van der Waals surface area contributed by atoms with E-state index < -0.39 is 6.36 Å². The van der Waals surface area contributed by atoms with E-state index in [1.165, 1.54) is 18.2 Å². The van der Waals surface area contributed by atoms with E-state index in [4.69, 9.17) is 16.3 Å². The zero-order chi connectivity index (χ0) is 23.4. The van der Waals surface area contributed by atoms with Crippen LogP contribution < -0.4 is 9.64 Å². The highest BCUT2D eigenvalue weighted by Gasteiger charge is 2.31. The van der Waals surface area contributed by atoms with Crippen LogP contribution in [0.5, 0.6) is 5.75 Å². The molecule has 0 unspecified atom stereocenters. The van der Waals surface area contributed by atoms with E-state index in [2.05, 4.69) is 14.6 Å². The predicted molar refractivity (Wildman–Crippen MR) is 128 cm³/mol. The molecule has 1 aliphatic heterocycles. The van der Waals surface area contributed by atoms with Crippen LogP contribution in [0.25, 0.3) is 10.2 Å². The maximum atomic E-state index is 13.2. The molecular formula is C22H22Cl2F3N3O3S. The molecule has 0 aliphatic carbocycles. The molecule has 1 fully saturated rings. The van der Waals surface area contributed by atoms with Crippen LogP contribution in [-0.4, -0.2) is 61.5 Å². The molecule has 12 heteroatoms. The molecule has 184 valence electrons. The number of alkyl halides is 3. The van der Waals surface area contributed by atoms with Crippen LogP contribution in [0.15, 0.2) is 42.5 Å². The van der Waals surface area contributed by atoms with Crippen LogP contribution >= 0.6 is 35.3 Å². The number of morpholine rings is 1. The van der Waals surface area contributed by atoms with Crippen molar-refractivity contribution in [3.05, 3.63) is 53.1 Å². The van der Waals surface area contributed by atoms with Gasteiger partial charge in [0.1, 0.15) is 5.75 Å². The number of halogens is 5. The molecule has 3 aromatic rings. The van der Waals surface area contributed by atoms with Crippen LogP contribution in [0.3, 0.4) is 0 Å². The van der Waals surface area contributed by atoms with Crippen LogP contribution in [0.1, 0.15) is 5.56 Å². The number of benzene rings is 2. The number of anilines is 1. The zero-order valence-electron chi connectivity index (χ0n) is 17.9. The highest BCUT2D eigenvalue weighted by molar-refractivity contribution is 7.22. The number of amides is 1. The number of thiazole rings is 1. The first-order valence-corrected chi connectivity index (χ1v) is 11.5. The molecule has 1 aliphatic rings. The van der Waals surface area contributed by atoms with Gasteiger partial charge in [-0.05, 0) is 29.8 Å². The molecule has 34 heavy (non-hydrogen) atoms. The van der Waals surface area contributed by atoms with Crippen molar-refractivity contribution >= 4 is 56.6 Å². The van der Waals surface area contributed by atoms with Crippen molar-refractivity contribution in [2.75, 3.05) is 44.3 Å². The van der Waals surface area contributed by atoms with Crippen molar-refractivity contribution < 1.29 is 27.4 Å². The fourth-order valence-corrected chi connectivity index (χ4v) is 4.63. The Hall–Kier alpha value is -2.11. The Morgan fingerprint density at radius 1 is 1.18 bits per heavy atom. The van der Waals surface area contributed by atoms with Gasteiger partial charge in [-0.25, -0.2) is 4.98 Å². The van der Waals surface area contributed by atoms with E-state index in [0.717, 1.165) is 30.0 Å². The van der Waals surface area contributed by atoms with E-state index in [0.29, 0.717) is 46.7 Å². The van der Waals surface area contributed by atoms with E-state index in [9.17, 15) is 18.0 Å². The van der Waals surface area contributed by atoms with Crippen molar-refractivity contribution in [3.63, 3.8) is 0 Å². The first-order chi connectivity index (χ1) is 15.8. The summed E-state index contributed by atoms with van der Waals surface area (Å²) in [4.78, 5) is 21.6. The van der Waals surface area contributed by atoms with Crippen LogP contribution in [0.4, 0.5) is 18.3 Å². The summed E-state index contributed by atoms with van der Waals surface area (Å²) in [5.74, 6) is -0.478. The molecule has 0 spiro atoms. The lowest BCUT2D eigenvalue weighted by Crippen LogP contribution is -2.43. The van der Waals surface area contributed by atoms with Crippen LogP contribution in [0, 0.1) is 0 Å². The number of nitrogens with zero attached hydrogens (tertiary/aromatic N) is 3. The van der Waals surface area contributed by atoms with Gasteiger partial charge in [-0.1, -0.05) is 35.1 Å². The molecule has 0 radical (unpaired) electrons. The molecule has 1 aromatic heterocycles. The number of fused-ring (bicyclic) bond motifs is 1. The number of hydrogen-bond donors (Lipinski definition) is 0. The number of carbonyl (C=O) groups is 1. The van der Waals surface area contributed by atoms with Gasteiger partial charge in [0.25, 0.3) is 0 Å². The molecule has 0 bridgehead atoms. The lowest BCUT2D eigenvalue weighted by molar-refractivity contribution is -0.274. The molecule has 1 saturated heterocycles. The summed E-state index contributed by atoms with van der Waals surface area (Å²) in [6.07, 6.45) is -4.63. The van der Waals surface area contributed by atoms with Crippen molar-refractivity contribution in [1.29, 1.82) is 0 Å². The SMILES string of the molecule is Cl.O=C(Cc1ccc(Cl)cc1)N(CCN1CCOCC1)c1nc2ccc(OC(F)(F)F)cc2s1. The molecule has 0 saturated carbocycles. The summed E-state index contributed by atoms with van der Waals surface area (Å²) in [6.45, 7) is 3.87. The Morgan fingerprint density at radius 3 is 2.56 bits per heavy atom. The normalized spacial score (nSPS) is 14.6. The minimum atomic E-state index is -4.78. The fourth-order valence-electron chi connectivity index (χ4n) is 3.47. The van der Waals surface area contributed by atoms with Gasteiger partial charge in [-0.15, -0.1) is 25.6 Å². The zero-order valence-corrected chi connectivity index (χ0v) is 20.3. The molecule has 2 heterocycles. The minimum absolute atomic E-state index is 0. The summed E-state index contributed by atoms with van der Waals surface area (Å²) in [5.41, 5.74) is 1.31. The Morgan fingerprint density at radius 2 is 1.88 bits per heavy atom. The monoisotopic (exact) mass is 535 g/mol. The van der Waals surface area contributed by atoms with Crippen molar-refractivity contribution in [1.82, 2.24) is 9.88 Å². The highest BCUT2D eigenvalue weighted by Crippen LogP contribution is 2.33. The van der Waals surface area contributed by atoms with Crippen molar-refractivity contribution in [2.45, 2.75) is 12.8 Å². The Kier molecular flexibility index (Phi) is 9.00. The van der Waals surface area contributed by atoms with Gasteiger partial charge in [-0.2, -0.15) is 0 Å². The average Bonchev–Trinajstić information content (AvgIpc) is 3.18. The smallest absolute Gasteiger partial charge is 0.406 e. The largest absolute Gasteiger partial charge is 0.573 e. The quantitative estimate of drug-likeness (QED) is 0.417. The third-order valence-electron chi connectivity index (χ3n) is 5.13. The summed E-state index contributed by atoms with van der Waals surface area (Å²) in [7, 11) is 0. The summed E-state index contributed by atoms with van der Waals surface area (Å²) in [6, 6.07) is 11.0. The van der Waals surface area contributed by atoms with Crippen molar-refractivity contribution in [2.24, 2.45) is 0 Å². The standard InChI is InChI=1S/C22H21ClF3N3O3S.ClH/c23-16-3-1-15(2-4-16)13-20(30)29(8-7-28-9-11-31-12-10-28)21-27-18-6-5-17(14-19(18)33-21)32-22(24,25)26;/h1-6,14H,7-13H2;1H. The predicted octanol–water partition coefficient (Wildman–Crippen LogP) is 5.18. The molecular weight excluding hydrogens is 514 g/mol. The molecule has 4 rings (SSSR count). The minimum Gasteiger partial charge on any atom is -0.406 e. The topological polar surface area (TPSA) is 54.9 Å². The third-order valence-corrected chi connectivity index (χ3v) is 6.42. The fraction of sp³-hybridized carbons (Fsp3) is 0.364. The van der Waals surface area contributed by atoms with Crippen molar-refractivity contribution in [3.8, 4) is 5.75 Å². The second-order valence-electron chi connectivity index (χ2n) is 7.48. The van der Waals surface area contributed by atoms with Crippen LogP contribution in [-0.2, 0) is 16.0 Å². The van der Waals surface area contributed by atoms with Gasteiger partial charge < -0.3 is 9.47 Å². The Bertz CT molecular complexity index is 1110. The summed E-state index contributed by atoms with van der Waals surface area (Å²) < 4.78 is 47.6. The van der Waals surface area contributed by atoms with E-state index in [1.54, 1.807) is 29.2 Å². The van der Waals surface area contributed by atoms with Gasteiger partial charge in [0.2, 0.25) is 5.91 Å². The Labute approximate surface area is 209 Å². The first-order valence-electron chi connectivity index (χ1n) is 10.3. The number of aromatic nitrogens is 1. The van der Waals surface area contributed by atoms with Gasteiger partial charge in [0.15, 0.2) is 5.13 Å². The van der Waals surface area contributed by atoms with Gasteiger partial charge in [0.05, 0.1) is 29.9 Å². The van der Waals surface area contributed by atoms with Crippen LogP contribution in [0.2, 0.25) is 5.02 Å². The van der Waals surface area contributed by atoms with Gasteiger partial charge in [-0.3, -0.25) is 14.6 Å². The maximum Gasteiger partial charge on any atom is 0.573 e. The summed E-state index contributed by atoms with van der Waals surface area (Å²) in [5, 5.41) is 1.01. The lowest BCUT2D eigenvalue weighted by Gasteiger charge is -2.29. The van der Waals surface area contributed by atoms with E-state index in [1.807, 2.05) is 0 Å². The van der Waals surface area contributed by atoms with E-state index >= 15 is 0 Å². The Balaban J connectivity index is 0.00000324. The lowest BCUT2D eigenvalue weighted by atomic mass is 10.1.